The van der Waals surface area contributed by atoms with Crippen LogP contribution in [0.1, 0.15) is 11.3 Å². The molecule has 0 bridgehead atoms. The number of methoxy groups -OCH3 is 1. The number of rotatable bonds is 7. The molecule has 0 fully saturated rings. The molecule has 0 aliphatic carbocycles. The molecule has 0 atom stereocenters. The highest BCUT2D eigenvalue weighted by Gasteiger charge is 2.14. The number of carbonyl (C=O) groups excluding carboxylic acids is 1. The molecule has 0 spiro atoms. The Morgan fingerprint density at radius 2 is 1.90 bits per heavy atom. The van der Waals surface area contributed by atoms with Crippen molar-refractivity contribution in [3.05, 3.63) is 76.0 Å². The summed E-state index contributed by atoms with van der Waals surface area (Å²) < 4.78 is 19.8. The number of nitrogens with zero attached hydrogens (tertiary/aromatic N) is 4. The van der Waals surface area contributed by atoms with Crippen LogP contribution >= 0.6 is 23.1 Å². The summed E-state index contributed by atoms with van der Waals surface area (Å²) in [5, 5.41) is 15.1. The molecule has 8 nitrogen and oxygen atoms in total. The van der Waals surface area contributed by atoms with Crippen molar-refractivity contribution < 1.29 is 13.9 Å². The highest BCUT2D eigenvalue weighted by Crippen LogP contribution is 2.23. The molecule has 31 heavy (non-hydrogen) atoms. The lowest BCUT2D eigenvalue weighted by molar-refractivity contribution is -0.113. The monoisotopic (exact) mass is 457 g/mol. The van der Waals surface area contributed by atoms with Crippen molar-refractivity contribution in [3.8, 4) is 5.75 Å². The molecule has 0 aliphatic heterocycles. The summed E-state index contributed by atoms with van der Waals surface area (Å²) in [6.07, 6.45) is 0.318. The van der Waals surface area contributed by atoms with E-state index in [4.69, 9.17) is 4.74 Å². The summed E-state index contributed by atoms with van der Waals surface area (Å²) in [7, 11) is 1.59. The maximum Gasteiger partial charge on any atom is 0.297 e. The first-order valence-corrected chi connectivity index (χ1v) is 10.9. The zero-order valence-electron chi connectivity index (χ0n) is 16.2. The fourth-order valence-electron chi connectivity index (χ4n) is 2.69. The van der Waals surface area contributed by atoms with Crippen molar-refractivity contribution in [2.24, 2.45) is 0 Å². The predicted molar refractivity (Wildman–Crippen MR) is 116 cm³/mol. The van der Waals surface area contributed by atoms with E-state index in [0.717, 1.165) is 11.3 Å². The first-order valence-electron chi connectivity index (χ1n) is 9.08. The van der Waals surface area contributed by atoms with Crippen LogP contribution in [0.5, 0.6) is 5.75 Å². The van der Waals surface area contributed by atoms with Crippen molar-refractivity contribution in [1.82, 2.24) is 19.8 Å². The minimum atomic E-state index is -0.375. The first-order chi connectivity index (χ1) is 15.0. The van der Waals surface area contributed by atoms with Crippen molar-refractivity contribution in [2.75, 3.05) is 18.2 Å². The van der Waals surface area contributed by atoms with E-state index in [1.54, 1.807) is 7.11 Å². The van der Waals surface area contributed by atoms with Gasteiger partial charge in [-0.15, -0.1) is 15.3 Å². The van der Waals surface area contributed by atoms with Gasteiger partial charge in [0.2, 0.25) is 10.9 Å². The van der Waals surface area contributed by atoms with Gasteiger partial charge in [-0.05, 0) is 42.0 Å². The topological polar surface area (TPSA) is 98.5 Å². The van der Waals surface area contributed by atoms with Crippen LogP contribution < -0.4 is 15.6 Å². The Hall–Kier alpha value is -3.31. The standard InChI is InChI=1S/C20H16FN5O3S2/c1-29-15-8-2-12(3-9-15)10-16-18(28)26-19(24-23-16)31-20(25-26)30-11-17(27)22-14-6-4-13(21)5-7-14/h2-9H,10-11H2,1H3,(H,22,27). The van der Waals surface area contributed by atoms with Crippen LogP contribution in [0.25, 0.3) is 4.96 Å². The number of anilines is 1. The van der Waals surface area contributed by atoms with Gasteiger partial charge >= 0.3 is 0 Å². The number of halogens is 1. The smallest absolute Gasteiger partial charge is 0.297 e. The fourth-order valence-corrected chi connectivity index (χ4v) is 4.37. The van der Waals surface area contributed by atoms with Crippen LogP contribution in [0.4, 0.5) is 10.1 Å². The van der Waals surface area contributed by atoms with Crippen molar-refractivity contribution in [2.45, 2.75) is 10.8 Å². The van der Waals surface area contributed by atoms with E-state index in [9.17, 15) is 14.0 Å². The lowest BCUT2D eigenvalue weighted by Crippen LogP contribution is -2.22. The number of amides is 1. The molecule has 11 heteroatoms. The van der Waals surface area contributed by atoms with E-state index >= 15 is 0 Å². The largest absolute Gasteiger partial charge is 0.497 e. The van der Waals surface area contributed by atoms with Gasteiger partial charge in [0.15, 0.2) is 4.34 Å². The number of benzene rings is 2. The quantitative estimate of drug-likeness (QED) is 0.426. The van der Waals surface area contributed by atoms with Gasteiger partial charge in [-0.25, -0.2) is 4.39 Å². The predicted octanol–water partition coefficient (Wildman–Crippen LogP) is 3.02. The Morgan fingerprint density at radius 3 is 2.61 bits per heavy atom. The number of fused-ring (bicyclic) bond motifs is 1. The maximum atomic E-state index is 12.9. The third kappa shape index (κ3) is 5.06. The van der Waals surface area contributed by atoms with Gasteiger partial charge in [0.25, 0.3) is 5.56 Å². The molecule has 1 N–H and O–H groups in total. The summed E-state index contributed by atoms with van der Waals surface area (Å²) in [5.74, 6) is 0.166. The van der Waals surface area contributed by atoms with Crippen LogP contribution in [-0.4, -0.2) is 38.6 Å². The second-order valence-corrected chi connectivity index (χ2v) is 8.56. The van der Waals surface area contributed by atoms with Gasteiger partial charge in [0.05, 0.1) is 12.9 Å². The van der Waals surface area contributed by atoms with Gasteiger partial charge in [-0.2, -0.15) is 4.52 Å². The minimum Gasteiger partial charge on any atom is -0.497 e. The van der Waals surface area contributed by atoms with Crippen LogP contribution in [0.3, 0.4) is 0 Å². The number of thioether (sulfide) groups is 1. The number of aromatic nitrogens is 4. The average Bonchev–Trinajstić information content (AvgIpc) is 3.20. The van der Waals surface area contributed by atoms with Crippen LogP contribution in [-0.2, 0) is 11.2 Å². The number of nitrogens with one attached hydrogen (secondary N) is 1. The molecule has 0 unspecified atom stereocenters. The second-order valence-electron chi connectivity index (χ2n) is 6.38. The molecular formula is C20H16FN5O3S2. The molecule has 4 rings (SSSR count). The van der Waals surface area contributed by atoms with Crippen molar-refractivity contribution in [3.63, 3.8) is 0 Å². The molecule has 4 aromatic rings. The van der Waals surface area contributed by atoms with E-state index in [-0.39, 0.29) is 28.7 Å². The maximum absolute atomic E-state index is 12.9. The van der Waals surface area contributed by atoms with E-state index in [2.05, 4.69) is 20.6 Å². The SMILES string of the molecule is COc1ccc(Cc2nnc3sc(SCC(=O)Nc4ccc(F)cc4)nn3c2=O)cc1. The Morgan fingerprint density at radius 1 is 1.16 bits per heavy atom. The molecular weight excluding hydrogens is 441 g/mol. The van der Waals surface area contributed by atoms with E-state index in [0.29, 0.717) is 21.4 Å². The summed E-state index contributed by atoms with van der Waals surface area (Å²) in [4.78, 5) is 25.2. The van der Waals surface area contributed by atoms with Crippen molar-refractivity contribution >= 4 is 39.7 Å². The van der Waals surface area contributed by atoms with Crippen molar-refractivity contribution in [1.29, 1.82) is 0 Å². The number of hydrogen-bond donors (Lipinski definition) is 1. The van der Waals surface area contributed by atoms with E-state index in [1.165, 1.54) is 51.9 Å². The average molecular weight is 458 g/mol. The molecule has 1 amide bonds. The Labute approximate surface area is 184 Å². The van der Waals surface area contributed by atoms with Gasteiger partial charge in [0, 0.05) is 12.1 Å². The summed E-state index contributed by atoms with van der Waals surface area (Å²) in [6, 6.07) is 12.8. The Bertz CT molecular complexity index is 1270. The van der Waals surface area contributed by atoms with E-state index < -0.39 is 0 Å². The molecule has 2 aromatic heterocycles. The lowest BCUT2D eigenvalue weighted by atomic mass is 10.1. The third-order valence-electron chi connectivity index (χ3n) is 4.22. The molecule has 0 radical (unpaired) electrons. The number of carbonyl (C=O) groups is 1. The van der Waals surface area contributed by atoms with Gasteiger partial charge in [-0.3, -0.25) is 9.59 Å². The highest BCUT2D eigenvalue weighted by atomic mass is 32.2. The Balaban J connectivity index is 1.43. The molecule has 0 saturated carbocycles. The van der Waals surface area contributed by atoms with Gasteiger partial charge in [-0.1, -0.05) is 35.2 Å². The first kappa shape index (κ1) is 20.9. The zero-order chi connectivity index (χ0) is 21.8. The minimum absolute atomic E-state index is 0.0814. The zero-order valence-corrected chi connectivity index (χ0v) is 17.9. The molecule has 2 aromatic carbocycles. The van der Waals surface area contributed by atoms with Crippen LogP contribution in [0, 0.1) is 5.82 Å². The Kier molecular flexibility index (Phi) is 6.23. The normalized spacial score (nSPS) is 10.9. The summed E-state index contributed by atoms with van der Waals surface area (Å²) in [5.41, 5.74) is 1.33. The molecule has 2 heterocycles. The molecule has 158 valence electrons. The second kappa shape index (κ2) is 9.23. The number of hydrogen-bond acceptors (Lipinski definition) is 8. The van der Waals surface area contributed by atoms with Gasteiger partial charge < -0.3 is 10.1 Å². The number of ether oxygens (including phenoxy) is 1. The molecule has 0 aliphatic rings. The fraction of sp³-hybridized carbons (Fsp3) is 0.150. The van der Waals surface area contributed by atoms with Crippen LogP contribution in [0.2, 0.25) is 0 Å². The van der Waals surface area contributed by atoms with Gasteiger partial charge in [0.1, 0.15) is 17.3 Å². The molecule has 0 saturated heterocycles. The third-order valence-corrected chi connectivity index (χ3v) is 6.25. The highest BCUT2D eigenvalue weighted by molar-refractivity contribution is 8.01. The van der Waals surface area contributed by atoms with E-state index in [1.807, 2.05) is 24.3 Å². The lowest BCUT2D eigenvalue weighted by Gasteiger charge is -2.03. The summed E-state index contributed by atoms with van der Waals surface area (Å²) in [6.45, 7) is 0. The summed E-state index contributed by atoms with van der Waals surface area (Å²) >= 11 is 2.36. The van der Waals surface area contributed by atoms with Crippen LogP contribution in [0.15, 0.2) is 57.7 Å².